The van der Waals surface area contributed by atoms with Gasteiger partial charge in [-0.15, -0.1) is 13.2 Å². The van der Waals surface area contributed by atoms with Gasteiger partial charge < -0.3 is 9.30 Å². The van der Waals surface area contributed by atoms with Crippen LogP contribution >= 0.6 is 0 Å². The number of nitrogens with zero attached hydrogens (tertiary/aromatic N) is 1. The molecule has 1 aromatic heterocycles. The number of hydrogen-bond donors (Lipinski definition) is 1. The predicted molar refractivity (Wildman–Crippen MR) is 107 cm³/mol. The highest BCUT2D eigenvalue weighted by Gasteiger charge is 2.31. The molecule has 1 heterocycles. The molecule has 0 saturated heterocycles. The van der Waals surface area contributed by atoms with Crippen LogP contribution in [0.2, 0.25) is 0 Å². The first kappa shape index (κ1) is 19.8. The number of hydrogen-bond acceptors (Lipinski definition) is 3. The van der Waals surface area contributed by atoms with E-state index in [1.165, 1.54) is 0 Å². The van der Waals surface area contributed by atoms with Crippen molar-refractivity contribution in [1.29, 1.82) is 0 Å². The lowest BCUT2D eigenvalue weighted by Gasteiger charge is -2.11. The maximum absolute atomic E-state index is 12.5. The normalized spacial score (nSPS) is 12.1. The lowest BCUT2D eigenvalue weighted by Crippen LogP contribution is -2.17. The van der Waals surface area contributed by atoms with E-state index < -0.39 is 22.1 Å². The Labute approximate surface area is 170 Å². The van der Waals surface area contributed by atoms with E-state index in [0.717, 1.165) is 40.9 Å². The molecule has 4 rings (SSSR count). The predicted octanol–water partition coefficient (Wildman–Crippen LogP) is 5.33. The first-order valence-corrected chi connectivity index (χ1v) is 10.2. The highest BCUT2D eigenvalue weighted by atomic mass is 32.2. The molecule has 0 bridgehead atoms. The summed E-state index contributed by atoms with van der Waals surface area (Å²) in [7, 11) is -3.97. The third-order valence-corrected chi connectivity index (χ3v) is 5.76. The fourth-order valence-electron chi connectivity index (χ4n) is 3.03. The molecule has 0 spiro atoms. The Morgan fingerprint density at radius 3 is 2.17 bits per heavy atom. The number of para-hydroxylation sites is 1. The minimum atomic E-state index is -4.84. The molecule has 30 heavy (non-hydrogen) atoms. The maximum atomic E-state index is 12.5. The van der Waals surface area contributed by atoms with Crippen LogP contribution in [0.1, 0.15) is 0 Å². The van der Waals surface area contributed by atoms with Gasteiger partial charge in [-0.3, -0.25) is 4.72 Å². The van der Waals surface area contributed by atoms with Gasteiger partial charge in [0.1, 0.15) is 5.75 Å². The summed E-state index contributed by atoms with van der Waals surface area (Å²) in [4.78, 5) is -0.183. The van der Waals surface area contributed by atoms with Crippen molar-refractivity contribution in [1.82, 2.24) is 4.57 Å². The Hall–Kier alpha value is -3.46. The van der Waals surface area contributed by atoms with Crippen LogP contribution in [0.25, 0.3) is 16.6 Å². The number of alkyl halides is 3. The molecule has 0 fully saturated rings. The molecular formula is C21H15F3N2O3S. The number of rotatable bonds is 5. The van der Waals surface area contributed by atoms with Crippen molar-refractivity contribution in [3.8, 4) is 11.4 Å². The van der Waals surface area contributed by atoms with E-state index in [1.54, 1.807) is 24.3 Å². The molecule has 0 radical (unpaired) electrons. The van der Waals surface area contributed by atoms with Gasteiger partial charge >= 0.3 is 6.36 Å². The smallest absolute Gasteiger partial charge is 0.406 e. The Balaban J connectivity index is 1.52. The highest BCUT2D eigenvalue weighted by Crippen LogP contribution is 2.26. The maximum Gasteiger partial charge on any atom is 0.573 e. The zero-order valence-electron chi connectivity index (χ0n) is 15.3. The van der Waals surface area contributed by atoms with Crippen LogP contribution < -0.4 is 9.46 Å². The minimum absolute atomic E-state index is 0.183. The highest BCUT2D eigenvalue weighted by molar-refractivity contribution is 7.92. The summed E-state index contributed by atoms with van der Waals surface area (Å²) in [5, 5.41) is 1.08. The summed E-state index contributed by atoms with van der Waals surface area (Å²) in [5.74, 6) is -0.496. The average Bonchev–Trinajstić information content (AvgIpc) is 3.12. The number of benzene rings is 3. The van der Waals surface area contributed by atoms with Crippen LogP contribution in [0.3, 0.4) is 0 Å². The fraction of sp³-hybridized carbons (Fsp3) is 0.0476. The molecule has 0 aliphatic heterocycles. The van der Waals surface area contributed by atoms with Gasteiger partial charge in [-0.2, -0.15) is 0 Å². The van der Waals surface area contributed by atoms with Gasteiger partial charge in [-0.1, -0.05) is 18.2 Å². The zero-order valence-corrected chi connectivity index (χ0v) is 16.1. The van der Waals surface area contributed by atoms with E-state index in [1.807, 2.05) is 41.1 Å². The number of anilines is 1. The average molecular weight is 432 g/mol. The molecular weight excluding hydrogens is 417 g/mol. The van der Waals surface area contributed by atoms with Crippen molar-refractivity contribution in [2.45, 2.75) is 11.3 Å². The zero-order chi connectivity index (χ0) is 21.4. The topological polar surface area (TPSA) is 60.3 Å². The first-order valence-electron chi connectivity index (χ1n) is 8.76. The number of sulfonamides is 1. The summed E-state index contributed by atoms with van der Waals surface area (Å²) >= 11 is 0. The van der Waals surface area contributed by atoms with E-state index in [-0.39, 0.29) is 4.90 Å². The van der Waals surface area contributed by atoms with Crippen molar-refractivity contribution in [3.63, 3.8) is 0 Å². The number of fused-ring (bicyclic) bond motifs is 1. The van der Waals surface area contributed by atoms with Crippen molar-refractivity contribution in [2.24, 2.45) is 0 Å². The number of halogens is 3. The summed E-state index contributed by atoms with van der Waals surface area (Å²) in [6, 6.07) is 20.6. The Bertz CT molecular complexity index is 1280. The molecule has 154 valence electrons. The third-order valence-electron chi connectivity index (χ3n) is 4.36. The van der Waals surface area contributed by atoms with Gasteiger partial charge in [0.25, 0.3) is 10.0 Å². The summed E-state index contributed by atoms with van der Waals surface area (Å²) in [5.41, 5.74) is 2.20. The fourth-order valence-corrected chi connectivity index (χ4v) is 4.09. The molecule has 4 aromatic rings. The second kappa shape index (κ2) is 7.42. The Morgan fingerprint density at radius 2 is 1.50 bits per heavy atom. The van der Waals surface area contributed by atoms with Gasteiger partial charge in [0.15, 0.2) is 0 Å². The lowest BCUT2D eigenvalue weighted by atomic mass is 10.2. The van der Waals surface area contributed by atoms with Gasteiger partial charge in [-0.25, -0.2) is 8.42 Å². The van der Waals surface area contributed by atoms with E-state index in [0.29, 0.717) is 5.69 Å². The van der Waals surface area contributed by atoms with Crippen molar-refractivity contribution in [2.75, 3.05) is 4.72 Å². The molecule has 3 aromatic carbocycles. The largest absolute Gasteiger partial charge is 0.573 e. The summed E-state index contributed by atoms with van der Waals surface area (Å²) < 4.78 is 69.8. The molecule has 0 aliphatic rings. The standard InChI is InChI=1S/C21H15F3N2O3S/c22-21(23,24)29-18-9-11-19(12-10-18)30(27,28)25-16-5-7-17(8-6-16)26-14-13-15-3-1-2-4-20(15)26/h1-14,25H. The SMILES string of the molecule is O=S(=O)(Nc1ccc(-n2ccc3ccccc32)cc1)c1ccc(OC(F)(F)F)cc1. The second-order valence-corrected chi connectivity index (χ2v) is 8.10. The summed E-state index contributed by atoms with van der Waals surface area (Å²) in [6.07, 6.45) is -2.92. The lowest BCUT2D eigenvalue weighted by molar-refractivity contribution is -0.274. The second-order valence-electron chi connectivity index (χ2n) is 6.42. The third kappa shape index (κ3) is 4.25. The van der Waals surface area contributed by atoms with Crippen LogP contribution in [0, 0.1) is 0 Å². The van der Waals surface area contributed by atoms with Crippen LogP contribution in [0.5, 0.6) is 5.75 Å². The van der Waals surface area contributed by atoms with Gasteiger partial charge in [-0.05, 0) is 66.0 Å². The van der Waals surface area contributed by atoms with Crippen molar-refractivity contribution < 1.29 is 26.3 Å². The van der Waals surface area contributed by atoms with Crippen LogP contribution in [-0.2, 0) is 10.0 Å². The van der Waals surface area contributed by atoms with Crippen molar-refractivity contribution in [3.05, 3.63) is 85.1 Å². The first-order chi connectivity index (χ1) is 14.2. The van der Waals surface area contributed by atoms with Crippen molar-refractivity contribution >= 4 is 26.6 Å². The molecule has 0 aliphatic carbocycles. The quantitative estimate of drug-likeness (QED) is 0.464. The summed E-state index contributed by atoms with van der Waals surface area (Å²) in [6.45, 7) is 0. The Kier molecular flexibility index (Phi) is 4.90. The molecule has 1 N–H and O–H groups in total. The van der Waals surface area contributed by atoms with Crippen LogP contribution in [0.4, 0.5) is 18.9 Å². The van der Waals surface area contributed by atoms with Gasteiger partial charge in [0, 0.05) is 17.6 Å². The molecule has 9 heteroatoms. The van der Waals surface area contributed by atoms with E-state index in [9.17, 15) is 21.6 Å². The number of aromatic nitrogens is 1. The van der Waals surface area contributed by atoms with E-state index >= 15 is 0 Å². The molecule has 5 nitrogen and oxygen atoms in total. The Morgan fingerprint density at radius 1 is 0.833 bits per heavy atom. The van der Waals surface area contributed by atoms with E-state index in [2.05, 4.69) is 9.46 Å². The minimum Gasteiger partial charge on any atom is -0.406 e. The molecule has 0 unspecified atom stereocenters. The monoisotopic (exact) mass is 432 g/mol. The number of ether oxygens (including phenoxy) is 1. The molecule has 0 amide bonds. The van der Waals surface area contributed by atoms with Crippen LogP contribution in [-0.4, -0.2) is 19.3 Å². The number of nitrogens with one attached hydrogen (secondary N) is 1. The van der Waals surface area contributed by atoms with Gasteiger partial charge in [0.05, 0.1) is 10.4 Å². The van der Waals surface area contributed by atoms with Gasteiger partial charge in [0.2, 0.25) is 0 Å². The van der Waals surface area contributed by atoms with E-state index in [4.69, 9.17) is 0 Å². The molecule has 0 atom stereocenters. The van der Waals surface area contributed by atoms with Crippen LogP contribution in [0.15, 0.2) is 90.0 Å². The molecule has 0 saturated carbocycles.